The first-order valence-corrected chi connectivity index (χ1v) is 8.29. The number of halogens is 1. The fourth-order valence-electron chi connectivity index (χ4n) is 2.12. The maximum atomic E-state index is 12.2. The standard InChI is InChI=1S/C18H17ClN2O3S/c1-10(2)11-3-5-12(6-4-11)16(22)21-18(25)20-13-7-8-15(19)14(9-13)17(23)24/h3-10H,1-2H3,(H,23,24)(H2,20,21,22,25)/p-1. The smallest absolute Gasteiger partial charge is 0.257 e. The van der Waals surface area contributed by atoms with Crippen molar-refractivity contribution in [2.24, 2.45) is 0 Å². The van der Waals surface area contributed by atoms with Crippen molar-refractivity contribution in [3.05, 3.63) is 64.2 Å². The van der Waals surface area contributed by atoms with Gasteiger partial charge in [0.1, 0.15) is 0 Å². The molecule has 5 nitrogen and oxygen atoms in total. The zero-order chi connectivity index (χ0) is 18.6. The number of hydrogen-bond donors (Lipinski definition) is 2. The molecule has 0 unspecified atom stereocenters. The fourth-order valence-corrected chi connectivity index (χ4v) is 2.52. The molecule has 0 saturated heterocycles. The van der Waals surface area contributed by atoms with Crippen LogP contribution in [0.1, 0.15) is 46.0 Å². The van der Waals surface area contributed by atoms with Gasteiger partial charge in [-0.15, -0.1) is 0 Å². The molecule has 2 rings (SSSR count). The molecule has 0 aliphatic rings. The summed E-state index contributed by atoms with van der Waals surface area (Å²) in [6, 6.07) is 11.5. The number of carbonyl (C=O) groups is 2. The van der Waals surface area contributed by atoms with Gasteiger partial charge in [0, 0.05) is 21.8 Å². The summed E-state index contributed by atoms with van der Waals surface area (Å²) in [6.07, 6.45) is 0. The Balaban J connectivity index is 2.03. The van der Waals surface area contributed by atoms with Crippen molar-refractivity contribution >= 4 is 46.5 Å². The van der Waals surface area contributed by atoms with Crippen LogP contribution in [0.15, 0.2) is 42.5 Å². The minimum absolute atomic E-state index is 0.0459. The molecule has 2 N–H and O–H groups in total. The minimum atomic E-state index is -1.39. The predicted octanol–water partition coefficient (Wildman–Crippen LogP) is 2.95. The fraction of sp³-hybridized carbons (Fsp3) is 0.167. The van der Waals surface area contributed by atoms with E-state index in [-0.39, 0.29) is 21.6 Å². The van der Waals surface area contributed by atoms with Crippen LogP contribution >= 0.6 is 23.8 Å². The number of hydrogen-bond acceptors (Lipinski definition) is 4. The molecule has 0 fully saturated rings. The van der Waals surface area contributed by atoms with E-state index in [1.807, 2.05) is 12.1 Å². The summed E-state index contributed by atoms with van der Waals surface area (Å²) in [6.45, 7) is 4.14. The van der Waals surface area contributed by atoms with Crippen LogP contribution in [0.3, 0.4) is 0 Å². The van der Waals surface area contributed by atoms with Gasteiger partial charge in [-0.2, -0.15) is 0 Å². The molecule has 0 radical (unpaired) electrons. The molecule has 25 heavy (non-hydrogen) atoms. The third kappa shape index (κ3) is 5.01. The second-order valence-electron chi connectivity index (χ2n) is 5.67. The molecule has 0 aromatic heterocycles. The number of carboxylic acids is 1. The van der Waals surface area contributed by atoms with Gasteiger partial charge in [0.15, 0.2) is 5.11 Å². The highest BCUT2D eigenvalue weighted by Gasteiger charge is 2.10. The molecule has 2 aromatic rings. The predicted molar refractivity (Wildman–Crippen MR) is 100 cm³/mol. The third-order valence-corrected chi connectivity index (χ3v) is 4.04. The number of nitrogens with one attached hydrogen (secondary N) is 2. The van der Waals surface area contributed by atoms with E-state index in [1.165, 1.54) is 12.1 Å². The van der Waals surface area contributed by atoms with Gasteiger partial charge in [-0.1, -0.05) is 37.6 Å². The first-order valence-electron chi connectivity index (χ1n) is 7.51. The molecule has 0 saturated carbocycles. The van der Waals surface area contributed by atoms with E-state index >= 15 is 0 Å². The Morgan fingerprint density at radius 3 is 2.32 bits per heavy atom. The number of anilines is 1. The summed E-state index contributed by atoms with van der Waals surface area (Å²) in [4.78, 5) is 23.2. The lowest BCUT2D eigenvalue weighted by Crippen LogP contribution is -2.34. The summed E-state index contributed by atoms with van der Waals surface area (Å²) >= 11 is 10.9. The lowest BCUT2D eigenvalue weighted by molar-refractivity contribution is -0.255. The average molecular weight is 376 g/mol. The largest absolute Gasteiger partial charge is 0.545 e. The van der Waals surface area contributed by atoms with Gasteiger partial charge in [0.25, 0.3) is 5.91 Å². The molecular formula is C18H16ClN2O3S-. The quantitative estimate of drug-likeness (QED) is 0.803. The van der Waals surface area contributed by atoms with Gasteiger partial charge in [-0.05, 0) is 54.0 Å². The summed E-state index contributed by atoms with van der Waals surface area (Å²) in [5.74, 6) is -1.38. The van der Waals surface area contributed by atoms with Crippen LogP contribution in [0, 0.1) is 0 Å². The van der Waals surface area contributed by atoms with E-state index in [1.54, 1.807) is 18.2 Å². The number of aromatic carboxylic acids is 1. The summed E-state index contributed by atoms with van der Waals surface area (Å²) in [7, 11) is 0. The van der Waals surface area contributed by atoms with Crippen LogP contribution in [0.4, 0.5) is 5.69 Å². The molecular weight excluding hydrogens is 360 g/mol. The van der Waals surface area contributed by atoms with Gasteiger partial charge < -0.3 is 15.2 Å². The minimum Gasteiger partial charge on any atom is -0.545 e. The number of benzene rings is 2. The number of carbonyl (C=O) groups excluding carboxylic acids is 2. The lowest BCUT2D eigenvalue weighted by Gasteiger charge is -2.12. The highest BCUT2D eigenvalue weighted by atomic mass is 35.5. The van der Waals surface area contributed by atoms with E-state index < -0.39 is 5.97 Å². The molecule has 0 aliphatic carbocycles. The molecule has 0 heterocycles. The molecule has 130 valence electrons. The zero-order valence-corrected chi connectivity index (χ0v) is 15.2. The molecule has 2 aromatic carbocycles. The number of thiocarbonyl (C=S) groups is 1. The third-order valence-electron chi connectivity index (χ3n) is 3.51. The zero-order valence-electron chi connectivity index (χ0n) is 13.6. The highest BCUT2D eigenvalue weighted by Crippen LogP contribution is 2.20. The van der Waals surface area contributed by atoms with Crippen LogP contribution in [0.25, 0.3) is 0 Å². The number of carboxylic acid groups (broad SMARTS) is 1. The van der Waals surface area contributed by atoms with Gasteiger partial charge in [-0.25, -0.2) is 0 Å². The summed E-state index contributed by atoms with van der Waals surface area (Å²) in [5, 5.41) is 16.4. The first-order chi connectivity index (χ1) is 11.8. The van der Waals surface area contributed by atoms with Gasteiger partial charge in [0.2, 0.25) is 0 Å². The van der Waals surface area contributed by atoms with E-state index in [4.69, 9.17) is 23.8 Å². The summed E-state index contributed by atoms with van der Waals surface area (Å²) in [5.41, 5.74) is 1.82. The van der Waals surface area contributed by atoms with Gasteiger partial charge in [0.05, 0.1) is 5.97 Å². The second kappa shape index (κ2) is 8.09. The van der Waals surface area contributed by atoms with E-state index in [0.29, 0.717) is 17.2 Å². The van der Waals surface area contributed by atoms with Crippen LogP contribution in [0.2, 0.25) is 5.02 Å². The molecule has 0 bridgehead atoms. The van der Waals surface area contributed by atoms with Crippen molar-refractivity contribution < 1.29 is 14.7 Å². The highest BCUT2D eigenvalue weighted by molar-refractivity contribution is 7.80. The Labute approximate surface area is 156 Å². The Morgan fingerprint density at radius 2 is 1.76 bits per heavy atom. The van der Waals surface area contributed by atoms with Crippen molar-refractivity contribution in [3.8, 4) is 0 Å². The van der Waals surface area contributed by atoms with Crippen molar-refractivity contribution in [1.82, 2.24) is 5.32 Å². The lowest BCUT2D eigenvalue weighted by atomic mass is 10.0. The van der Waals surface area contributed by atoms with Crippen molar-refractivity contribution in [2.45, 2.75) is 19.8 Å². The monoisotopic (exact) mass is 375 g/mol. The first kappa shape index (κ1) is 18.9. The average Bonchev–Trinajstić information content (AvgIpc) is 2.56. The van der Waals surface area contributed by atoms with Crippen LogP contribution in [-0.4, -0.2) is 17.0 Å². The van der Waals surface area contributed by atoms with Crippen molar-refractivity contribution in [3.63, 3.8) is 0 Å². The molecule has 0 spiro atoms. The number of rotatable bonds is 4. The van der Waals surface area contributed by atoms with Crippen LogP contribution in [0.5, 0.6) is 0 Å². The molecule has 0 atom stereocenters. The van der Waals surface area contributed by atoms with Crippen LogP contribution < -0.4 is 15.7 Å². The Bertz CT molecular complexity index is 820. The maximum Gasteiger partial charge on any atom is 0.257 e. The molecule has 7 heteroatoms. The van der Waals surface area contributed by atoms with Crippen LogP contribution in [-0.2, 0) is 0 Å². The Kier molecular flexibility index (Phi) is 6.12. The SMILES string of the molecule is CC(C)c1ccc(C(=O)NC(=S)Nc2ccc(Cl)c(C(=O)[O-])c2)cc1. The summed E-state index contributed by atoms with van der Waals surface area (Å²) < 4.78 is 0. The maximum absolute atomic E-state index is 12.2. The molecule has 0 aliphatic heterocycles. The van der Waals surface area contributed by atoms with Crippen molar-refractivity contribution in [1.29, 1.82) is 0 Å². The van der Waals surface area contributed by atoms with E-state index in [9.17, 15) is 14.7 Å². The Morgan fingerprint density at radius 1 is 1.12 bits per heavy atom. The van der Waals surface area contributed by atoms with Crippen molar-refractivity contribution in [2.75, 3.05) is 5.32 Å². The van der Waals surface area contributed by atoms with E-state index in [0.717, 1.165) is 5.56 Å². The second-order valence-corrected chi connectivity index (χ2v) is 6.48. The Hall–Kier alpha value is -2.44. The van der Waals surface area contributed by atoms with Gasteiger partial charge >= 0.3 is 0 Å². The van der Waals surface area contributed by atoms with E-state index in [2.05, 4.69) is 24.5 Å². The van der Waals surface area contributed by atoms with Gasteiger partial charge in [-0.3, -0.25) is 10.1 Å². The normalized spacial score (nSPS) is 10.4. The molecule has 1 amide bonds. The number of amides is 1. The topological polar surface area (TPSA) is 81.3 Å².